The number of carbonyl (C=O) groups excluding carboxylic acids is 1. The quantitative estimate of drug-likeness (QED) is 0.573. The Morgan fingerprint density at radius 2 is 1.89 bits per heavy atom. The van der Waals surface area contributed by atoms with Gasteiger partial charge in [0.05, 0.1) is 12.7 Å². The number of rotatable bonds is 7. The molecule has 1 rings (SSSR count). The molecule has 4 nitrogen and oxygen atoms in total. The van der Waals surface area contributed by atoms with Gasteiger partial charge in [-0.25, -0.2) is 0 Å². The van der Waals surface area contributed by atoms with E-state index in [9.17, 15) is 4.79 Å². The number of methoxy groups -OCH3 is 1. The standard InChI is InChI=1S/C13H17BrO4/c1-4-17-13(18-5-2)12(15)10-7-6-9(14)8-11(10)16-3/h6-8,13H,4-5H2,1-3H3. The van der Waals surface area contributed by atoms with Crippen molar-refractivity contribution in [2.45, 2.75) is 20.1 Å². The first-order valence-electron chi connectivity index (χ1n) is 5.75. The van der Waals surface area contributed by atoms with Gasteiger partial charge in [0.1, 0.15) is 5.75 Å². The average Bonchev–Trinajstić information content (AvgIpc) is 2.37. The zero-order valence-electron chi connectivity index (χ0n) is 10.7. The number of benzene rings is 1. The van der Waals surface area contributed by atoms with Crippen LogP contribution in [-0.4, -0.2) is 32.4 Å². The third-order valence-corrected chi connectivity index (χ3v) is 2.77. The zero-order chi connectivity index (χ0) is 13.5. The molecule has 0 heterocycles. The molecule has 100 valence electrons. The molecule has 0 aliphatic heterocycles. The molecule has 0 radical (unpaired) electrons. The minimum Gasteiger partial charge on any atom is -0.496 e. The molecular formula is C13H17BrO4. The number of Topliss-reactive ketones (excluding diaryl/α,β-unsaturated/α-hetero) is 1. The summed E-state index contributed by atoms with van der Waals surface area (Å²) >= 11 is 3.33. The monoisotopic (exact) mass is 316 g/mol. The molecule has 0 spiro atoms. The fourth-order valence-electron chi connectivity index (χ4n) is 1.50. The van der Waals surface area contributed by atoms with Crippen LogP contribution in [0.4, 0.5) is 0 Å². The molecule has 0 saturated carbocycles. The van der Waals surface area contributed by atoms with E-state index in [1.165, 1.54) is 7.11 Å². The number of halogens is 1. The molecule has 0 N–H and O–H groups in total. The molecule has 0 saturated heterocycles. The summed E-state index contributed by atoms with van der Waals surface area (Å²) in [6, 6.07) is 5.21. The van der Waals surface area contributed by atoms with Crippen LogP contribution in [0.25, 0.3) is 0 Å². The van der Waals surface area contributed by atoms with Crippen LogP contribution in [-0.2, 0) is 9.47 Å². The Hall–Kier alpha value is -0.910. The minimum atomic E-state index is -0.880. The fraction of sp³-hybridized carbons (Fsp3) is 0.462. The van der Waals surface area contributed by atoms with Gasteiger partial charge < -0.3 is 14.2 Å². The van der Waals surface area contributed by atoms with Crippen molar-refractivity contribution < 1.29 is 19.0 Å². The van der Waals surface area contributed by atoms with E-state index in [-0.39, 0.29) is 5.78 Å². The minimum absolute atomic E-state index is 0.233. The lowest BCUT2D eigenvalue weighted by atomic mass is 10.1. The Labute approximate surface area is 115 Å². The van der Waals surface area contributed by atoms with Crippen molar-refractivity contribution >= 4 is 21.7 Å². The molecule has 0 amide bonds. The SMILES string of the molecule is CCOC(OCC)C(=O)c1ccc(Br)cc1OC. The normalized spacial score (nSPS) is 10.7. The smallest absolute Gasteiger partial charge is 0.222 e. The van der Waals surface area contributed by atoms with Crippen molar-refractivity contribution in [3.8, 4) is 5.75 Å². The van der Waals surface area contributed by atoms with Gasteiger partial charge in [-0.3, -0.25) is 4.79 Å². The second-order valence-electron chi connectivity index (χ2n) is 3.45. The highest BCUT2D eigenvalue weighted by Crippen LogP contribution is 2.25. The topological polar surface area (TPSA) is 44.8 Å². The third kappa shape index (κ3) is 3.80. The van der Waals surface area contributed by atoms with Gasteiger partial charge in [0.2, 0.25) is 12.1 Å². The molecule has 0 unspecified atom stereocenters. The van der Waals surface area contributed by atoms with E-state index in [0.717, 1.165) is 4.47 Å². The van der Waals surface area contributed by atoms with Gasteiger partial charge in [0.15, 0.2) is 0 Å². The highest BCUT2D eigenvalue weighted by Gasteiger charge is 2.23. The van der Waals surface area contributed by atoms with Crippen LogP contribution >= 0.6 is 15.9 Å². The third-order valence-electron chi connectivity index (χ3n) is 2.28. The van der Waals surface area contributed by atoms with Crippen molar-refractivity contribution in [1.82, 2.24) is 0 Å². The lowest BCUT2D eigenvalue weighted by molar-refractivity contribution is -0.107. The molecule has 1 aromatic rings. The first-order chi connectivity index (χ1) is 8.63. The maximum Gasteiger partial charge on any atom is 0.222 e. The highest BCUT2D eigenvalue weighted by molar-refractivity contribution is 9.10. The molecule has 5 heteroatoms. The molecule has 0 aromatic heterocycles. The molecule has 18 heavy (non-hydrogen) atoms. The van der Waals surface area contributed by atoms with Crippen molar-refractivity contribution in [1.29, 1.82) is 0 Å². The number of hydrogen-bond donors (Lipinski definition) is 0. The largest absolute Gasteiger partial charge is 0.496 e. The maximum absolute atomic E-state index is 12.3. The van der Waals surface area contributed by atoms with E-state index in [1.54, 1.807) is 18.2 Å². The van der Waals surface area contributed by atoms with Crippen LogP contribution in [0.15, 0.2) is 22.7 Å². The van der Waals surface area contributed by atoms with Crippen molar-refractivity contribution in [2.75, 3.05) is 20.3 Å². The molecular weight excluding hydrogens is 300 g/mol. The summed E-state index contributed by atoms with van der Waals surface area (Å²) in [7, 11) is 1.52. The summed E-state index contributed by atoms with van der Waals surface area (Å²) in [5.41, 5.74) is 0.451. The molecule has 0 fully saturated rings. The molecule has 0 aliphatic carbocycles. The van der Waals surface area contributed by atoms with Gasteiger partial charge in [-0.1, -0.05) is 15.9 Å². The summed E-state index contributed by atoms with van der Waals surface area (Å²) in [6.07, 6.45) is -0.880. The van der Waals surface area contributed by atoms with Crippen LogP contribution in [0.2, 0.25) is 0 Å². The first kappa shape index (κ1) is 15.1. The van der Waals surface area contributed by atoms with Gasteiger partial charge in [0.25, 0.3) is 0 Å². The van der Waals surface area contributed by atoms with E-state index < -0.39 is 6.29 Å². The summed E-state index contributed by atoms with van der Waals surface area (Å²) < 4.78 is 16.6. The fourth-order valence-corrected chi connectivity index (χ4v) is 1.84. The van der Waals surface area contributed by atoms with E-state index in [1.807, 2.05) is 13.8 Å². The average molecular weight is 317 g/mol. The van der Waals surface area contributed by atoms with Crippen LogP contribution in [0, 0.1) is 0 Å². The second-order valence-corrected chi connectivity index (χ2v) is 4.37. The lowest BCUT2D eigenvalue weighted by Crippen LogP contribution is -2.28. The van der Waals surface area contributed by atoms with Gasteiger partial charge in [0, 0.05) is 17.7 Å². The van der Waals surface area contributed by atoms with Crippen LogP contribution in [0.1, 0.15) is 24.2 Å². The van der Waals surface area contributed by atoms with E-state index in [0.29, 0.717) is 24.5 Å². The summed E-state index contributed by atoms with van der Waals surface area (Å²) in [5, 5.41) is 0. The Morgan fingerprint density at radius 1 is 1.28 bits per heavy atom. The van der Waals surface area contributed by atoms with Gasteiger partial charge in [-0.15, -0.1) is 0 Å². The van der Waals surface area contributed by atoms with Gasteiger partial charge in [-0.05, 0) is 32.0 Å². The molecule has 0 aliphatic rings. The van der Waals surface area contributed by atoms with Crippen LogP contribution in [0.3, 0.4) is 0 Å². The van der Waals surface area contributed by atoms with E-state index in [2.05, 4.69) is 15.9 Å². The number of carbonyl (C=O) groups is 1. The number of ether oxygens (including phenoxy) is 3. The maximum atomic E-state index is 12.3. The number of ketones is 1. The van der Waals surface area contributed by atoms with E-state index in [4.69, 9.17) is 14.2 Å². The highest BCUT2D eigenvalue weighted by atomic mass is 79.9. The van der Waals surface area contributed by atoms with Crippen molar-refractivity contribution in [3.63, 3.8) is 0 Å². The van der Waals surface area contributed by atoms with Crippen LogP contribution < -0.4 is 4.74 Å². The Bertz CT molecular complexity index is 400. The number of hydrogen-bond acceptors (Lipinski definition) is 4. The zero-order valence-corrected chi connectivity index (χ0v) is 12.3. The van der Waals surface area contributed by atoms with Crippen LogP contribution in [0.5, 0.6) is 5.75 Å². The Morgan fingerprint density at radius 3 is 2.39 bits per heavy atom. The van der Waals surface area contributed by atoms with Gasteiger partial charge in [-0.2, -0.15) is 0 Å². The predicted octanol–water partition coefficient (Wildman–Crippen LogP) is 3.04. The van der Waals surface area contributed by atoms with Gasteiger partial charge >= 0.3 is 0 Å². The summed E-state index contributed by atoms with van der Waals surface area (Å²) in [5.74, 6) is 0.266. The predicted molar refractivity (Wildman–Crippen MR) is 72.1 cm³/mol. The first-order valence-corrected chi connectivity index (χ1v) is 6.54. The second kappa shape index (κ2) is 7.51. The molecule has 1 aromatic carbocycles. The van der Waals surface area contributed by atoms with E-state index >= 15 is 0 Å². The molecule has 0 bridgehead atoms. The Kier molecular flexibility index (Phi) is 6.32. The van der Waals surface area contributed by atoms with Crippen molar-refractivity contribution in [2.24, 2.45) is 0 Å². The Balaban J connectivity index is 3.00. The summed E-state index contributed by atoms with van der Waals surface area (Å²) in [4.78, 5) is 12.3. The van der Waals surface area contributed by atoms with Crippen molar-refractivity contribution in [3.05, 3.63) is 28.2 Å². The summed E-state index contributed by atoms with van der Waals surface area (Å²) in [6.45, 7) is 4.46. The lowest BCUT2D eigenvalue weighted by Gasteiger charge is -2.17. The molecule has 0 atom stereocenters.